The van der Waals surface area contributed by atoms with Crippen molar-refractivity contribution in [2.45, 2.75) is 77.6 Å². The summed E-state index contributed by atoms with van der Waals surface area (Å²) in [6.45, 7) is 9.34. The van der Waals surface area contributed by atoms with Gasteiger partial charge in [-0.25, -0.2) is 4.79 Å². The van der Waals surface area contributed by atoms with E-state index in [-0.39, 0.29) is 5.97 Å². The Morgan fingerprint density at radius 2 is 1.53 bits per heavy atom. The maximum atomic E-state index is 11.2. The molecule has 0 aromatic rings. The molecule has 0 fully saturated rings. The molecule has 0 N–H and O–H groups in total. The lowest BCUT2D eigenvalue weighted by atomic mass is 10.5. The fraction of sp³-hybridized carbons (Fsp3) is 0.812. The average molecular weight is 285 g/mol. The molecule has 0 aromatic carbocycles. The molecule has 0 aromatic heterocycles. The lowest BCUT2D eigenvalue weighted by Gasteiger charge is -2.31. The van der Waals surface area contributed by atoms with E-state index < -0.39 is 8.07 Å². The lowest BCUT2D eigenvalue weighted by Crippen LogP contribution is -2.33. The Hall–Kier alpha value is -0.573. The Bertz CT molecular complexity index is 244. The summed E-state index contributed by atoms with van der Waals surface area (Å²) >= 11 is 0. The van der Waals surface area contributed by atoms with E-state index in [9.17, 15) is 4.79 Å². The van der Waals surface area contributed by atoms with Crippen LogP contribution in [0, 0.1) is 0 Å². The first-order valence-electron chi connectivity index (χ1n) is 7.93. The first kappa shape index (κ1) is 18.4. The molecule has 2 nitrogen and oxygen atoms in total. The molecule has 0 bridgehead atoms. The second-order valence-corrected chi connectivity index (χ2v) is 10.5. The van der Waals surface area contributed by atoms with Crippen LogP contribution in [-0.4, -0.2) is 20.7 Å². The number of hydrogen-bond acceptors (Lipinski definition) is 2. The van der Waals surface area contributed by atoms with E-state index in [1.54, 1.807) is 6.08 Å². The van der Waals surface area contributed by atoms with Crippen molar-refractivity contribution in [1.29, 1.82) is 0 Å². The standard InChI is InChI=1S/C16H32O2Si/c1-5-10-16(17)18-11-9-15-19(12-6-2,13-7-3)14-8-4/h5,10H,6-9,11-15H2,1-4H3. The van der Waals surface area contributed by atoms with Gasteiger partial charge in [0.15, 0.2) is 0 Å². The third-order valence-electron chi connectivity index (χ3n) is 3.74. The van der Waals surface area contributed by atoms with Crippen molar-refractivity contribution in [1.82, 2.24) is 0 Å². The second-order valence-electron chi connectivity index (χ2n) is 5.52. The van der Waals surface area contributed by atoms with Crippen molar-refractivity contribution < 1.29 is 9.53 Å². The van der Waals surface area contributed by atoms with E-state index >= 15 is 0 Å². The largest absolute Gasteiger partial charge is 0.463 e. The Morgan fingerprint density at radius 1 is 1.00 bits per heavy atom. The van der Waals surface area contributed by atoms with Crippen LogP contribution in [0.3, 0.4) is 0 Å². The van der Waals surface area contributed by atoms with Crippen LogP contribution in [0.4, 0.5) is 0 Å². The number of carbonyl (C=O) groups excluding carboxylic acids is 1. The van der Waals surface area contributed by atoms with Gasteiger partial charge >= 0.3 is 5.97 Å². The van der Waals surface area contributed by atoms with Gasteiger partial charge in [-0.05, 0) is 13.3 Å². The molecular formula is C16H32O2Si. The predicted octanol–water partition coefficient (Wildman–Crippen LogP) is 5.17. The zero-order valence-electron chi connectivity index (χ0n) is 13.3. The van der Waals surface area contributed by atoms with Gasteiger partial charge in [-0.1, -0.05) is 70.3 Å². The van der Waals surface area contributed by atoms with Crippen molar-refractivity contribution in [3.05, 3.63) is 12.2 Å². The fourth-order valence-corrected chi connectivity index (χ4v) is 8.72. The summed E-state index contributed by atoms with van der Waals surface area (Å²) in [7, 11) is -1.10. The summed E-state index contributed by atoms with van der Waals surface area (Å²) in [5.74, 6) is -0.198. The van der Waals surface area contributed by atoms with E-state index in [1.807, 2.05) is 6.92 Å². The number of hydrogen-bond donors (Lipinski definition) is 0. The van der Waals surface area contributed by atoms with Crippen LogP contribution in [0.2, 0.25) is 24.2 Å². The molecule has 0 spiro atoms. The highest BCUT2D eigenvalue weighted by atomic mass is 28.3. The number of esters is 1. The minimum Gasteiger partial charge on any atom is -0.463 e. The Labute approximate surface area is 120 Å². The molecule has 0 amide bonds. The zero-order chi connectivity index (χ0) is 14.6. The van der Waals surface area contributed by atoms with Gasteiger partial charge in [0.25, 0.3) is 0 Å². The molecule has 0 aliphatic rings. The fourth-order valence-electron chi connectivity index (χ4n) is 3.15. The molecule has 19 heavy (non-hydrogen) atoms. The summed E-state index contributed by atoms with van der Waals surface area (Å²) in [6, 6.07) is 5.65. The molecule has 0 aliphatic carbocycles. The molecule has 0 atom stereocenters. The summed E-state index contributed by atoms with van der Waals surface area (Å²) in [5, 5.41) is 0. The summed E-state index contributed by atoms with van der Waals surface area (Å²) < 4.78 is 5.21. The van der Waals surface area contributed by atoms with Crippen molar-refractivity contribution in [3.63, 3.8) is 0 Å². The van der Waals surface area contributed by atoms with Crippen molar-refractivity contribution in [2.75, 3.05) is 6.61 Å². The van der Waals surface area contributed by atoms with Crippen LogP contribution in [0.15, 0.2) is 12.2 Å². The van der Waals surface area contributed by atoms with Crippen LogP contribution in [0.1, 0.15) is 53.4 Å². The minimum atomic E-state index is -1.10. The van der Waals surface area contributed by atoms with Gasteiger partial charge in [0.2, 0.25) is 0 Å². The Balaban J connectivity index is 4.20. The SMILES string of the molecule is CC=CC(=O)OCCC[Si](CCC)(CCC)CCC. The van der Waals surface area contributed by atoms with E-state index in [0.29, 0.717) is 6.61 Å². The second kappa shape index (κ2) is 11.3. The van der Waals surface area contributed by atoms with Gasteiger partial charge in [-0.15, -0.1) is 0 Å². The van der Waals surface area contributed by atoms with Gasteiger partial charge < -0.3 is 4.74 Å². The summed E-state index contributed by atoms with van der Waals surface area (Å²) in [5.41, 5.74) is 0. The van der Waals surface area contributed by atoms with Crippen LogP contribution >= 0.6 is 0 Å². The van der Waals surface area contributed by atoms with Crippen LogP contribution in [0.5, 0.6) is 0 Å². The zero-order valence-corrected chi connectivity index (χ0v) is 14.3. The van der Waals surface area contributed by atoms with Gasteiger partial charge in [0, 0.05) is 6.08 Å². The van der Waals surface area contributed by atoms with Crippen LogP contribution < -0.4 is 0 Å². The third-order valence-corrected chi connectivity index (χ3v) is 9.84. The molecule has 0 unspecified atom stereocenters. The Morgan fingerprint density at radius 3 is 1.95 bits per heavy atom. The molecule has 0 heterocycles. The first-order valence-corrected chi connectivity index (χ1v) is 10.8. The highest BCUT2D eigenvalue weighted by Crippen LogP contribution is 2.31. The molecule has 3 heteroatoms. The van der Waals surface area contributed by atoms with Gasteiger partial charge in [0.1, 0.15) is 0 Å². The van der Waals surface area contributed by atoms with E-state index in [0.717, 1.165) is 6.42 Å². The van der Waals surface area contributed by atoms with Gasteiger partial charge in [0.05, 0.1) is 14.7 Å². The molecule has 112 valence electrons. The quantitative estimate of drug-likeness (QED) is 0.226. The number of ether oxygens (including phenoxy) is 1. The lowest BCUT2D eigenvalue weighted by molar-refractivity contribution is -0.137. The Kier molecular flexibility index (Phi) is 10.9. The summed E-state index contributed by atoms with van der Waals surface area (Å²) in [4.78, 5) is 11.2. The molecule has 0 saturated heterocycles. The van der Waals surface area contributed by atoms with Crippen molar-refractivity contribution in [2.24, 2.45) is 0 Å². The van der Waals surface area contributed by atoms with Crippen LogP contribution in [-0.2, 0) is 9.53 Å². The smallest absolute Gasteiger partial charge is 0.330 e. The normalized spacial score (nSPS) is 12.0. The molecule has 0 saturated carbocycles. The number of carbonyl (C=O) groups is 1. The predicted molar refractivity (Wildman–Crippen MR) is 86.2 cm³/mol. The van der Waals surface area contributed by atoms with Gasteiger partial charge in [-0.3, -0.25) is 0 Å². The maximum Gasteiger partial charge on any atom is 0.330 e. The molecule has 0 aliphatic heterocycles. The molecular weight excluding hydrogens is 252 g/mol. The van der Waals surface area contributed by atoms with Crippen molar-refractivity contribution >= 4 is 14.0 Å². The monoisotopic (exact) mass is 284 g/mol. The highest BCUT2D eigenvalue weighted by molar-refractivity contribution is 6.79. The van der Waals surface area contributed by atoms with Crippen molar-refractivity contribution in [3.8, 4) is 0 Å². The molecule has 0 rings (SSSR count). The topological polar surface area (TPSA) is 26.3 Å². The van der Waals surface area contributed by atoms with Gasteiger partial charge in [-0.2, -0.15) is 0 Å². The van der Waals surface area contributed by atoms with E-state index in [1.165, 1.54) is 49.5 Å². The number of allylic oxidation sites excluding steroid dienone is 1. The first-order chi connectivity index (χ1) is 9.14. The molecule has 0 radical (unpaired) electrons. The van der Waals surface area contributed by atoms with E-state index in [4.69, 9.17) is 4.74 Å². The number of rotatable bonds is 11. The van der Waals surface area contributed by atoms with E-state index in [2.05, 4.69) is 20.8 Å². The highest BCUT2D eigenvalue weighted by Gasteiger charge is 2.29. The summed E-state index contributed by atoms with van der Waals surface area (Å²) in [6.07, 6.45) is 8.21. The van der Waals surface area contributed by atoms with Crippen LogP contribution in [0.25, 0.3) is 0 Å². The minimum absolute atomic E-state index is 0.198. The maximum absolute atomic E-state index is 11.2. The average Bonchev–Trinajstić information content (AvgIpc) is 2.36. The third kappa shape index (κ3) is 8.25.